The van der Waals surface area contributed by atoms with Gasteiger partial charge in [0.25, 0.3) is 0 Å². The van der Waals surface area contributed by atoms with Crippen LogP contribution in [0, 0.1) is 5.82 Å². The van der Waals surface area contributed by atoms with Crippen LogP contribution in [0.2, 0.25) is 0 Å². The molecule has 2 aromatic rings. The molecule has 0 amide bonds. The molecule has 0 saturated heterocycles. The number of benzene rings is 1. The van der Waals surface area contributed by atoms with Gasteiger partial charge in [0, 0.05) is 18.7 Å². The number of nitrogens with two attached hydrogens (primary N) is 1. The number of ether oxygens (including phenoxy) is 1. The van der Waals surface area contributed by atoms with Crippen LogP contribution in [-0.4, -0.2) is 14.8 Å². The Labute approximate surface area is 98.0 Å². The van der Waals surface area contributed by atoms with E-state index in [0.717, 1.165) is 0 Å². The highest BCUT2D eigenvalue weighted by atomic mass is 19.1. The van der Waals surface area contributed by atoms with Gasteiger partial charge in [0.1, 0.15) is 17.9 Å². The van der Waals surface area contributed by atoms with Crippen LogP contribution < -0.4 is 10.5 Å². The van der Waals surface area contributed by atoms with E-state index in [9.17, 15) is 4.39 Å². The molecule has 0 spiro atoms. The molecule has 6 heteroatoms. The Balaban J connectivity index is 2.35. The highest BCUT2D eigenvalue weighted by Crippen LogP contribution is 2.29. The van der Waals surface area contributed by atoms with Crippen molar-refractivity contribution in [3.05, 3.63) is 35.9 Å². The molecule has 90 valence electrons. The van der Waals surface area contributed by atoms with E-state index in [4.69, 9.17) is 10.5 Å². The Hall–Kier alpha value is -1.95. The zero-order chi connectivity index (χ0) is 12.4. The third kappa shape index (κ3) is 2.42. The van der Waals surface area contributed by atoms with Crippen molar-refractivity contribution in [3.63, 3.8) is 0 Å². The summed E-state index contributed by atoms with van der Waals surface area (Å²) < 4.78 is 20.5. The summed E-state index contributed by atoms with van der Waals surface area (Å²) in [5.41, 5.74) is 6.03. The first-order valence-electron chi connectivity index (χ1n) is 5.15. The zero-order valence-corrected chi connectivity index (χ0v) is 9.59. The van der Waals surface area contributed by atoms with E-state index < -0.39 is 11.9 Å². The highest BCUT2D eigenvalue weighted by Gasteiger charge is 2.15. The van der Waals surface area contributed by atoms with Crippen molar-refractivity contribution in [2.24, 2.45) is 12.8 Å². The standard InChI is InChI=1S/C11H13FN4O/c1-7(13)10-8(12)4-3-5-9(10)17-11-14-6-16(2)15-11/h3-7H,13H2,1-2H3. The molecule has 0 bridgehead atoms. The lowest BCUT2D eigenvalue weighted by atomic mass is 10.1. The van der Waals surface area contributed by atoms with Gasteiger partial charge in [0.2, 0.25) is 0 Å². The number of halogens is 1. The highest BCUT2D eigenvalue weighted by molar-refractivity contribution is 5.38. The minimum atomic E-state index is -0.463. The molecule has 0 aliphatic rings. The molecule has 2 rings (SSSR count). The summed E-state index contributed by atoms with van der Waals surface area (Å²) in [5, 5.41) is 3.96. The van der Waals surface area contributed by atoms with Gasteiger partial charge in [-0.05, 0) is 19.1 Å². The summed E-state index contributed by atoms with van der Waals surface area (Å²) in [6.07, 6.45) is 1.50. The Bertz CT molecular complexity index is 524. The maximum absolute atomic E-state index is 13.6. The molecule has 1 unspecified atom stereocenters. The van der Waals surface area contributed by atoms with E-state index in [-0.39, 0.29) is 6.01 Å². The van der Waals surface area contributed by atoms with Crippen LogP contribution in [0.15, 0.2) is 24.5 Å². The minimum Gasteiger partial charge on any atom is -0.423 e. The molecule has 2 N–H and O–H groups in total. The van der Waals surface area contributed by atoms with Crippen molar-refractivity contribution in [1.29, 1.82) is 0 Å². The summed E-state index contributed by atoms with van der Waals surface area (Å²) in [6, 6.07) is 4.24. The second kappa shape index (κ2) is 4.50. The Morgan fingerprint density at radius 1 is 1.47 bits per heavy atom. The molecule has 1 aromatic heterocycles. The van der Waals surface area contributed by atoms with Crippen LogP contribution in [0.25, 0.3) is 0 Å². The number of hydrogen-bond donors (Lipinski definition) is 1. The van der Waals surface area contributed by atoms with Gasteiger partial charge < -0.3 is 10.5 Å². The molecular weight excluding hydrogens is 223 g/mol. The summed E-state index contributed by atoms with van der Waals surface area (Å²) >= 11 is 0. The smallest absolute Gasteiger partial charge is 0.340 e. The maximum atomic E-state index is 13.6. The molecule has 0 radical (unpaired) electrons. The second-order valence-corrected chi connectivity index (χ2v) is 3.74. The third-order valence-electron chi connectivity index (χ3n) is 2.25. The molecular formula is C11H13FN4O. The Morgan fingerprint density at radius 2 is 2.24 bits per heavy atom. The third-order valence-corrected chi connectivity index (χ3v) is 2.25. The van der Waals surface area contributed by atoms with Gasteiger partial charge in [-0.2, -0.15) is 4.98 Å². The van der Waals surface area contributed by atoms with Crippen LogP contribution in [0.5, 0.6) is 11.8 Å². The molecule has 0 saturated carbocycles. The number of aryl methyl sites for hydroxylation is 1. The first-order chi connectivity index (χ1) is 8.08. The van der Waals surface area contributed by atoms with Crippen LogP contribution in [0.3, 0.4) is 0 Å². The zero-order valence-electron chi connectivity index (χ0n) is 9.59. The molecule has 5 nitrogen and oxygen atoms in total. The lowest BCUT2D eigenvalue weighted by molar-refractivity contribution is 0.424. The predicted molar refractivity (Wildman–Crippen MR) is 60.1 cm³/mol. The van der Waals surface area contributed by atoms with Crippen LogP contribution in [0.4, 0.5) is 4.39 Å². The quantitative estimate of drug-likeness (QED) is 0.881. The molecule has 0 aliphatic carbocycles. The van der Waals surface area contributed by atoms with E-state index in [1.807, 2.05) is 0 Å². The molecule has 17 heavy (non-hydrogen) atoms. The fourth-order valence-electron chi connectivity index (χ4n) is 1.51. The molecule has 0 aliphatic heterocycles. The van der Waals surface area contributed by atoms with E-state index in [1.54, 1.807) is 26.1 Å². The van der Waals surface area contributed by atoms with Crippen molar-refractivity contribution in [3.8, 4) is 11.8 Å². The van der Waals surface area contributed by atoms with Gasteiger partial charge in [-0.25, -0.2) is 4.39 Å². The SMILES string of the molecule is CC(N)c1c(F)cccc1Oc1ncn(C)n1. The van der Waals surface area contributed by atoms with Crippen LogP contribution in [-0.2, 0) is 7.05 Å². The average molecular weight is 236 g/mol. The fourth-order valence-corrected chi connectivity index (χ4v) is 1.51. The van der Waals surface area contributed by atoms with Crippen LogP contribution >= 0.6 is 0 Å². The topological polar surface area (TPSA) is 66.0 Å². The summed E-state index contributed by atoms with van der Waals surface area (Å²) in [7, 11) is 1.72. The second-order valence-electron chi connectivity index (χ2n) is 3.74. The van der Waals surface area contributed by atoms with Crippen molar-refractivity contribution in [2.75, 3.05) is 0 Å². The average Bonchev–Trinajstić information content (AvgIpc) is 2.63. The fraction of sp³-hybridized carbons (Fsp3) is 0.273. The molecule has 1 heterocycles. The summed E-state index contributed by atoms with van der Waals surface area (Å²) in [6.45, 7) is 1.69. The largest absolute Gasteiger partial charge is 0.423 e. The van der Waals surface area contributed by atoms with Crippen molar-refractivity contribution < 1.29 is 9.13 Å². The lowest BCUT2D eigenvalue weighted by Gasteiger charge is -2.12. The normalized spacial score (nSPS) is 12.5. The van der Waals surface area contributed by atoms with Crippen LogP contribution in [0.1, 0.15) is 18.5 Å². The summed E-state index contributed by atoms with van der Waals surface area (Å²) in [4.78, 5) is 3.91. The van der Waals surface area contributed by atoms with E-state index in [1.165, 1.54) is 17.1 Å². The van der Waals surface area contributed by atoms with Gasteiger partial charge in [-0.1, -0.05) is 6.07 Å². The number of aromatic nitrogens is 3. The van der Waals surface area contributed by atoms with Gasteiger partial charge in [-0.15, -0.1) is 5.10 Å². The predicted octanol–water partition coefficient (Wildman–Crippen LogP) is 1.77. The number of rotatable bonds is 3. The molecule has 1 aromatic carbocycles. The summed E-state index contributed by atoms with van der Waals surface area (Å²) in [5.74, 6) is -0.0559. The Morgan fingerprint density at radius 3 is 2.82 bits per heavy atom. The minimum absolute atomic E-state index is 0.167. The Kier molecular flexibility index (Phi) is 3.06. The first-order valence-corrected chi connectivity index (χ1v) is 5.15. The number of hydrogen-bond acceptors (Lipinski definition) is 4. The van der Waals surface area contributed by atoms with E-state index in [0.29, 0.717) is 11.3 Å². The lowest BCUT2D eigenvalue weighted by Crippen LogP contribution is -2.09. The van der Waals surface area contributed by atoms with Gasteiger partial charge in [0.15, 0.2) is 0 Å². The van der Waals surface area contributed by atoms with Gasteiger partial charge in [-0.3, -0.25) is 4.68 Å². The van der Waals surface area contributed by atoms with Gasteiger partial charge in [0.05, 0.1) is 0 Å². The monoisotopic (exact) mass is 236 g/mol. The van der Waals surface area contributed by atoms with Crippen molar-refractivity contribution in [2.45, 2.75) is 13.0 Å². The van der Waals surface area contributed by atoms with E-state index >= 15 is 0 Å². The first kappa shape index (κ1) is 11.5. The van der Waals surface area contributed by atoms with Crippen molar-refractivity contribution in [1.82, 2.24) is 14.8 Å². The van der Waals surface area contributed by atoms with Crippen molar-refractivity contribution >= 4 is 0 Å². The number of nitrogens with zero attached hydrogens (tertiary/aromatic N) is 3. The molecule has 1 atom stereocenters. The van der Waals surface area contributed by atoms with E-state index in [2.05, 4.69) is 10.1 Å². The van der Waals surface area contributed by atoms with Gasteiger partial charge >= 0.3 is 6.01 Å². The molecule has 0 fully saturated rings. The maximum Gasteiger partial charge on any atom is 0.340 e.